The number of amides is 1. The van der Waals surface area contributed by atoms with Gasteiger partial charge in [-0.1, -0.05) is 6.07 Å². The Morgan fingerprint density at radius 3 is 2.41 bits per heavy atom. The molecule has 2 aromatic rings. The number of carbonyl (C=O) groups excluding carboxylic acids is 2. The molecule has 1 N–H and O–H groups in total. The molecule has 0 atom stereocenters. The highest BCUT2D eigenvalue weighted by Crippen LogP contribution is 2.25. The SMILES string of the molecule is COC(=O)c1ccc(C)c(S(=O)(=O)N2CCC(NC(=O)c3occc3C)CC2)c1. The Kier molecular flexibility index (Phi) is 6.09. The normalized spacial score (nSPS) is 15.8. The molecule has 0 saturated carbocycles. The highest BCUT2D eigenvalue weighted by molar-refractivity contribution is 7.89. The highest BCUT2D eigenvalue weighted by atomic mass is 32.2. The van der Waals surface area contributed by atoms with Crippen LogP contribution in [-0.2, 0) is 14.8 Å². The van der Waals surface area contributed by atoms with E-state index in [0.717, 1.165) is 5.56 Å². The van der Waals surface area contributed by atoms with Gasteiger partial charge >= 0.3 is 5.97 Å². The number of furan rings is 1. The molecule has 1 saturated heterocycles. The van der Waals surface area contributed by atoms with Gasteiger partial charge in [-0.05, 0) is 50.5 Å². The summed E-state index contributed by atoms with van der Waals surface area (Å²) in [5, 5.41) is 2.90. The van der Waals surface area contributed by atoms with Gasteiger partial charge in [0.1, 0.15) is 0 Å². The number of hydrogen-bond acceptors (Lipinski definition) is 6. The van der Waals surface area contributed by atoms with E-state index in [-0.39, 0.29) is 41.3 Å². The fraction of sp³-hybridized carbons (Fsp3) is 0.400. The molecule has 0 spiro atoms. The number of sulfonamides is 1. The average molecular weight is 420 g/mol. The Morgan fingerprint density at radius 2 is 1.83 bits per heavy atom. The quantitative estimate of drug-likeness (QED) is 0.744. The third kappa shape index (κ3) is 4.35. The third-order valence-electron chi connectivity index (χ3n) is 5.08. The fourth-order valence-corrected chi connectivity index (χ4v) is 5.08. The monoisotopic (exact) mass is 420 g/mol. The smallest absolute Gasteiger partial charge is 0.337 e. The molecular formula is C20H24N2O6S. The Hall–Kier alpha value is -2.65. The van der Waals surface area contributed by atoms with E-state index in [1.54, 1.807) is 32.0 Å². The van der Waals surface area contributed by atoms with Crippen molar-refractivity contribution in [2.45, 2.75) is 37.6 Å². The number of hydrogen-bond donors (Lipinski definition) is 1. The summed E-state index contributed by atoms with van der Waals surface area (Å²) in [5.74, 6) is -0.609. The van der Waals surface area contributed by atoms with Gasteiger partial charge in [-0.3, -0.25) is 4.79 Å². The first-order chi connectivity index (χ1) is 13.7. The van der Waals surface area contributed by atoms with Crippen LogP contribution < -0.4 is 5.32 Å². The zero-order valence-electron chi connectivity index (χ0n) is 16.6. The number of methoxy groups -OCH3 is 1. The van der Waals surface area contributed by atoms with Crippen molar-refractivity contribution in [3.63, 3.8) is 0 Å². The first-order valence-electron chi connectivity index (χ1n) is 9.28. The van der Waals surface area contributed by atoms with Gasteiger partial charge in [-0.25, -0.2) is 13.2 Å². The van der Waals surface area contributed by atoms with Crippen LogP contribution in [0.3, 0.4) is 0 Å². The first kappa shape index (κ1) is 21.1. The maximum absolute atomic E-state index is 13.1. The molecule has 1 aromatic carbocycles. The minimum Gasteiger partial charge on any atom is -0.465 e. The van der Waals surface area contributed by atoms with Crippen LogP contribution >= 0.6 is 0 Å². The first-order valence-corrected chi connectivity index (χ1v) is 10.7. The number of nitrogens with zero attached hydrogens (tertiary/aromatic N) is 1. The molecule has 2 heterocycles. The van der Waals surface area contributed by atoms with Crippen molar-refractivity contribution in [1.29, 1.82) is 0 Å². The molecule has 29 heavy (non-hydrogen) atoms. The minimum absolute atomic E-state index is 0.0918. The highest BCUT2D eigenvalue weighted by Gasteiger charge is 2.32. The molecule has 0 radical (unpaired) electrons. The molecule has 1 fully saturated rings. The fourth-order valence-electron chi connectivity index (χ4n) is 3.36. The van der Waals surface area contributed by atoms with Gasteiger partial charge in [0, 0.05) is 24.7 Å². The van der Waals surface area contributed by atoms with Crippen LogP contribution in [0.25, 0.3) is 0 Å². The van der Waals surface area contributed by atoms with Crippen molar-refractivity contribution >= 4 is 21.9 Å². The van der Waals surface area contributed by atoms with Gasteiger partial charge in [0.2, 0.25) is 10.0 Å². The number of rotatable bonds is 5. The van der Waals surface area contributed by atoms with Crippen molar-refractivity contribution in [1.82, 2.24) is 9.62 Å². The summed E-state index contributed by atoms with van der Waals surface area (Å²) in [7, 11) is -2.51. The van der Waals surface area contributed by atoms with Crippen molar-refractivity contribution in [2.75, 3.05) is 20.2 Å². The maximum Gasteiger partial charge on any atom is 0.337 e. The zero-order chi connectivity index (χ0) is 21.2. The Morgan fingerprint density at radius 1 is 1.14 bits per heavy atom. The van der Waals surface area contributed by atoms with E-state index < -0.39 is 16.0 Å². The molecular weight excluding hydrogens is 396 g/mol. The van der Waals surface area contributed by atoms with Gasteiger partial charge in [0.25, 0.3) is 5.91 Å². The van der Waals surface area contributed by atoms with Gasteiger partial charge in [0.05, 0.1) is 23.8 Å². The van der Waals surface area contributed by atoms with E-state index in [2.05, 4.69) is 10.1 Å². The molecule has 0 unspecified atom stereocenters. The summed E-state index contributed by atoms with van der Waals surface area (Å²) < 4.78 is 37.5. The Labute approximate surface area is 169 Å². The Balaban J connectivity index is 1.69. The van der Waals surface area contributed by atoms with Crippen LogP contribution in [0.5, 0.6) is 0 Å². The second kappa shape index (κ2) is 8.38. The molecule has 0 bridgehead atoms. The van der Waals surface area contributed by atoms with Gasteiger partial charge in [0.15, 0.2) is 5.76 Å². The minimum atomic E-state index is -3.76. The van der Waals surface area contributed by atoms with E-state index in [0.29, 0.717) is 18.4 Å². The summed E-state index contributed by atoms with van der Waals surface area (Å²) in [5.41, 5.74) is 1.50. The lowest BCUT2D eigenvalue weighted by Gasteiger charge is -2.31. The lowest BCUT2D eigenvalue weighted by atomic mass is 10.1. The number of aryl methyl sites for hydroxylation is 2. The number of esters is 1. The van der Waals surface area contributed by atoms with E-state index in [1.165, 1.54) is 23.7 Å². The van der Waals surface area contributed by atoms with Gasteiger partial charge < -0.3 is 14.5 Å². The molecule has 9 heteroatoms. The van der Waals surface area contributed by atoms with Gasteiger partial charge in [-0.2, -0.15) is 4.31 Å². The largest absolute Gasteiger partial charge is 0.465 e. The molecule has 3 rings (SSSR count). The lowest BCUT2D eigenvalue weighted by molar-refractivity contribution is 0.0600. The standard InChI is InChI=1S/C20H24N2O6S/c1-13-4-5-15(20(24)27-3)12-17(13)29(25,26)22-9-6-16(7-10-22)21-19(23)18-14(2)8-11-28-18/h4-5,8,11-12,16H,6-7,9-10H2,1-3H3,(H,21,23). The van der Waals surface area contributed by atoms with E-state index in [1.807, 2.05) is 0 Å². The summed E-state index contributed by atoms with van der Waals surface area (Å²) in [4.78, 5) is 24.1. The van der Waals surface area contributed by atoms with E-state index >= 15 is 0 Å². The number of piperidine rings is 1. The van der Waals surface area contributed by atoms with E-state index in [4.69, 9.17) is 4.42 Å². The molecule has 8 nitrogen and oxygen atoms in total. The summed E-state index contributed by atoms with van der Waals surface area (Å²) >= 11 is 0. The van der Waals surface area contributed by atoms with Gasteiger partial charge in [-0.15, -0.1) is 0 Å². The van der Waals surface area contributed by atoms with Crippen LogP contribution in [0.4, 0.5) is 0 Å². The second-order valence-corrected chi connectivity index (χ2v) is 8.96. The molecule has 1 amide bonds. The van der Waals surface area contributed by atoms with Crippen molar-refractivity contribution in [3.8, 4) is 0 Å². The molecule has 1 aromatic heterocycles. The summed E-state index contributed by atoms with van der Waals surface area (Å²) in [6.45, 7) is 4.02. The molecule has 1 aliphatic rings. The molecule has 156 valence electrons. The third-order valence-corrected chi connectivity index (χ3v) is 7.13. The summed E-state index contributed by atoms with van der Waals surface area (Å²) in [6.07, 6.45) is 2.44. The second-order valence-electron chi connectivity index (χ2n) is 7.06. The van der Waals surface area contributed by atoms with Crippen LogP contribution in [0.1, 0.15) is 44.9 Å². The van der Waals surface area contributed by atoms with Crippen molar-refractivity contribution in [2.24, 2.45) is 0 Å². The topological polar surface area (TPSA) is 106 Å². The Bertz CT molecular complexity index is 1020. The number of carbonyl (C=O) groups is 2. The van der Waals surface area contributed by atoms with Crippen molar-refractivity contribution in [3.05, 3.63) is 53.0 Å². The predicted molar refractivity (Wildman–Crippen MR) is 105 cm³/mol. The number of nitrogens with one attached hydrogen (secondary N) is 1. The lowest BCUT2D eigenvalue weighted by Crippen LogP contribution is -2.46. The maximum atomic E-state index is 13.1. The number of benzene rings is 1. The van der Waals surface area contributed by atoms with E-state index in [9.17, 15) is 18.0 Å². The molecule has 0 aliphatic carbocycles. The van der Waals surface area contributed by atoms with Crippen molar-refractivity contribution < 1.29 is 27.2 Å². The summed E-state index contributed by atoms with van der Waals surface area (Å²) in [6, 6.07) is 6.07. The zero-order valence-corrected chi connectivity index (χ0v) is 17.4. The van der Waals surface area contributed by atoms with Crippen LogP contribution in [-0.4, -0.2) is 50.8 Å². The number of ether oxygens (including phenoxy) is 1. The van der Waals surface area contributed by atoms with Crippen LogP contribution in [0.15, 0.2) is 39.8 Å². The average Bonchev–Trinajstić information content (AvgIpc) is 3.14. The predicted octanol–water partition coefficient (Wildman–Crippen LogP) is 2.27. The van der Waals surface area contributed by atoms with Crippen LogP contribution in [0.2, 0.25) is 0 Å². The molecule has 1 aliphatic heterocycles. The van der Waals surface area contributed by atoms with Crippen LogP contribution in [0, 0.1) is 13.8 Å².